The molecule has 0 fully saturated rings. The Labute approximate surface area is 79.2 Å². The van der Waals surface area contributed by atoms with E-state index in [4.69, 9.17) is 9.94 Å². The van der Waals surface area contributed by atoms with Crippen molar-refractivity contribution in [2.24, 2.45) is 5.92 Å². The van der Waals surface area contributed by atoms with Gasteiger partial charge in [-0.05, 0) is 18.8 Å². The van der Waals surface area contributed by atoms with Crippen molar-refractivity contribution < 1.29 is 14.7 Å². The summed E-state index contributed by atoms with van der Waals surface area (Å²) in [5, 5.41) is 8.34. The lowest BCUT2D eigenvalue weighted by molar-refractivity contribution is -0.137. The molecule has 0 aromatic carbocycles. The van der Waals surface area contributed by atoms with Crippen LogP contribution in [-0.4, -0.2) is 24.2 Å². The molecule has 0 radical (unpaired) electrons. The standard InChI is InChI=1S/C9H19NO3/c1-8(2)7-13-10-6-4-3-5-9(11)12/h8,10H,3-7H2,1-2H3,(H,11,12). The van der Waals surface area contributed by atoms with Crippen molar-refractivity contribution in [2.45, 2.75) is 33.1 Å². The highest BCUT2D eigenvalue weighted by molar-refractivity contribution is 5.66. The highest BCUT2D eigenvalue weighted by atomic mass is 16.6. The fourth-order valence-electron chi connectivity index (χ4n) is 0.771. The van der Waals surface area contributed by atoms with E-state index < -0.39 is 5.97 Å². The van der Waals surface area contributed by atoms with Crippen LogP contribution in [-0.2, 0) is 9.63 Å². The van der Waals surface area contributed by atoms with Crippen LogP contribution in [0, 0.1) is 5.92 Å². The molecular weight excluding hydrogens is 170 g/mol. The Morgan fingerprint density at radius 3 is 2.69 bits per heavy atom. The van der Waals surface area contributed by atoms with E-state index in [1.807, 2.05) is 0 Å². The van der Waals surface area contributed by atoms with Gasteiger partial charge in [0.15, 0.2) is 0 Å². The van der Waals surface area contributed by atoms with E-state index >= 15 is 0 Å². The third-order valence-corrected chi connectivity index (χ3v) is 1.44. The monoisotopic (exact) mass is 189 g/mol. The Morgan fingerprint density at radius 1 is 1.46 bits per heavy atom. The second kappa shape index (κ2) is 8.01. The minimum absolute atomic E-state index is 0.242. The number of nitrogens with one attached hydrogen (secondary N) is 1. The van der Waals surface area contributed by atoms with Gasteiger partial charge in [0, 0.05) is 13.0 Å². The SMILES string of the molecule is CC(C)CONCCCCC(=O)O. The summed E-state index contributed by atoms with van der Waals surface area (Å²) < 4.78 is 0. The van der Waals surface area contributed by atoms with Crippen molar-refractivity contribution in [2.75, 3.05) is 13.2 Å². The van der Waals surface area contributed by atoms with Gasteiger partial charge in [-0.2, -0.15) is 0 Å². The van der Waals surface area contributed by atoms with Crippen molar-refractivity contribution in [3.05, 3.63) is 0 Å². The number of aliphatic carboxylic acids is 1. The first-order valence-corrected chi connectivity index (χ1v) is 4.69. The molecule has 13 heavy (non-hydrogen) atoms. The molecule has 0 heterocycles. The van der Waals surface area contributed by atoms with Crippen LogP contribution in [0.25, 0.3) is 0 Å². The summed E-state index contributed by atoms with van der Waals surface area (Å²) in [4.78, 5) is 15.2. The third-order valence-electron chi connectivity index (χ3n) is 1.44. The number of unbranched alkanes of at least 4 members (excludes halogenated alkanes) is 1. The van der Waals surface area contributed by atoms with E-state index in [1.54, 1.807) is 0 Å². The fraction of sp³-hybridized carbons (Fsp3) is 0.889. The highest BCUT2D eigenvalue weighted by Crippen LogP contribution is 1.94. The third kappa shape index (κ3) is 11.4. The molecule has 0 rings (SSSR count). The Hall–Kier alpha value is -0.610. The van der Waals surface area contributed by atoms with Gasteiger partial charge < -0.3 is 9.94 Å². The maximum Gasteiger partial charge on any atom is 0.303 e. The average Bonchev–Trinajstić information content (AvgIpc) is 2.01. The zero-order valence-electron chi connectivity index (χ0n) is 8.38. The summed E-state index contributed by atoms with van der Waals surface area (Å²) in [6.45, 7) is 5.57. The molecule has 0 saturated carbocycles. The van der Waals surface area contributed by atoms with E-state index in [2.05, 4.69) is 19.3 Å². The molecule has 0 aromatic rings. The van der Waals surface area contributed by atoms with Crippen molar-refractivity contribution in [1.82, 2.24) is 5.48 Å². The van der Waals surface area contributed by atoms with Gasteiger partial charge >= 0.3 is 5.97 Å². The minimum Gasteiger partial charge on any atom is -0.481 e. The number of carbonyl (C=O) groups is 1. The molecule has 0 atom stereocenters. The average molecular weight is 189 g/mol. The summed E-state index contributed by atoms with van der Waals surface area (Å²) in [6.07, 6.45) is 1.78. The Kier molecular flexibility index (Phi) is 7.63. The van der Waals surface area contributed by atoms with Gasteiger partial charge in [0.25, 0.3) is 0 Å². The zero-order chi connectivity index (χ0) is 10.1. The van der Waals surface area contributed by atoms with Crippen molar-refractivity contribution in [3.63, 3.8) is 0 Å². The predicted octanol–water partition coefficient (Wildman–Crippen LogP) is 1.42. The van der Waals surface area contributed by atoms with Crippen LogP contribution in [0.2, 0.25) is 0 Å². The first-order valence-electron chi connectivity index (χ1n) is 4.69. The van der Waals surface area contributed by atoms with Crippen LogP contribution in [0.1, 0.15) is 33.1 Å². The number of carboxylic acids is 1. The minimum atomic E-state index is -0.733. The van der Waals surface area contributed by atoms with Crippen LogP contribution in [0.5, 0.6) is 0 Å². The smallest absolute Gasteiger partial charge is 0.303 e. The molecule has 0 aromatic heterocycles. The molecule has 0 saturated heterocycles. The molecule has 4 nitrogen and oxygen atoms in total. The molecule has 4 heteroatoms. The van der Waals surface area contributed by atoms with Gasteiger partial charge in [-0.3, -0.25) is 4.79 Å². The second-order valence-electron chi connectivity index (χ2n) is 3.45. The first kappa shape index (κ1) is 12.4. The summed E-state index contributed by atoms with van der Waals surface area (Å²) in [5.41, 5.74) is 2.80. The van der Waals surface area contributed by atoms with Gasteiger partial charge in [-0.15, -0.1) is 0 Å². The van der Waals surface area contributed by atoms with Crippen LogP contribution in [0.3, 0.4) is 0 Å². The topological polar surface area (TPSA) is 58.6 Å². The zero-order valence-corrected chi connectivity index (χ0v) is 8.38. The molecule has 2 N–H and O–H groups in total. The van der Waals surface area contributed by atoms with E-state index in [-0.39, 0.29) is 6.42 Å². The molecule has 0 aliphatic rings. The van der Waals surface area contributed by atoms with Crippen LogP contribution >= 0.6 is 0 Å². The molecule has 78 valence electrons. The van der Waals surface area contributed by atoms with E-state index in [1.165, 1.54) is 0 Å². The van der Waals surface area contributed by atoms with Gasteiger partial charge in [-0.1, -0.05) is 13.8 Å². The fourth-order valence-corrected chi connectivity index (χ4v) is 0.771. The predicted molar refractivity (Wildman–Crippen MR) is 50.3 cm³/mol. The number of carboxylic acid groups (broad SMARTS) is 1. The van der Waals surface area contributed by atoms with Gasteiger partial charge in [0.2, 0.25) is 0 Å². The van der Waals surface area contributed by atoms with Crippen LogP contribution in [0.4, 0.5) is 0 Å². The largest absolute Gasteiger partial charge is 0.481 e. The molecule has 0 aliphatic carbocycles. The maximum absolute atomic E-state index is 10.1. The molecule has 0 spiro atoms. The van der Waals surface area contributed by atoms with Crippen molar-refractivity contribution in [1.29, 1.82) is 0 Å². The van der Waals surface area contributed by atoms with Crippen LogP contribution < -0.4 is 5.48 Å². The lowest BCUT2D eigenvalue weighted by Gasteiger charge is -2.06. The Morgan fingerprint density at radius 2 is 2.15 bits per heavy atom. The highest BCUT2D eigenvalue weighted by Gasteiger charge is 1.96. The second-order valence-corrected chi connectivity index (χ2v) is 3.45. The first-order chi connectivity index (χ1) is 6.13. The van der Waals surface area contributed by atoms with Crippen LogP contribution in [0.15, 0.2) is 0 Å². The van der Waals surface area contributed by atoms with E-state index in [0.29, 0.717) is 18.9 Å². The van der Waals surface area contributed by atoms with E-state index in [0.717, 1.165) is 13.0 Å². The van der Waals surface area contributed by atoms with Crippen molar-refractivity contribution >= 4 is 5.97 Å². The van der Waals surface area contributed by atoms with E-state index in [9.17, 15) is 4.79 Å². The molecular formula is C9H19NO3. The normalized spacial score (nSPS) is 10.7. The Balaban J connectivity index is 2.96. The number of hydrogen-bond donors (Lipinski definition) is 2. The molecule has 0 amide bonds. The lowest BCUT2D eigenvalue weighted by atomic mass is 10.2. The quantitative estimate of drug-likeness (QED) is 0.448. The summed E-state index contributed by atoms with van der Waals surface area (Å²) >= 11 is 0. The number of hydrogen-bond acceptors (Lipinski definition) is 3. The maximum atomic E-state index is 10.1. The van der Waals surface area contributed by atoms with Gasteiger partial charge in [-0.25, -0.2) is 5.48 Å². The lowest BCUT2D eigenvalue weighted by Crippen LogP contribution is -2.19. The number of rotatable bonds is 8. The summed E-state index contributed by atoms with van der Waals surface area (Å²) in [5.74, 6) is -0.213. The van der Waals surface area contributed by atoms with Gasteiger partial charge in [0.1, 0.15) is 0 Å². The summed E-state index contributed by atoms with van der Waals surface area (Å²) in [6, 6.07) is 0. The van der Waals surface area contributed by atoms with Gasteiger partial charge in [0.05, 0.1) is 6.61 Å². The molecule has 0 bridgehead atoms. The van der Waals surface area contributed by atoms with Crippen molar-refractivity contribution in [3.8, 4) is 0 Å². The molecule has 0 aliphatic heterocycles. The molecule has 0 unspecified atom stereocenters. The number of hydroxylamine groups is 1. The summed E-state index contributed by atoms with van der Waals surface area (Å²) in [7, 11) is 0. The Bertz CT molecular complexity index is 137.